The second kappa shape index (κ2) is 3.94. The highest BCUT2D eigenvalue weighted by Gasteiger charge is 2.48. The van der Waals surface area contributed by atoms with Crippen molar-refractivity contribution in [1.29, 1.82) is 0 Å². The van der Waals surface area contributed by atoms with Gasteiger partial charge in [0.1, 0.15) is 12.0 Å². The lowest BCUT2D eigenvalue weighted by Gasteiger charge is -2.48. The van der Waals surface area contributed by atoms with Crippen LogP contribution in [0.5, 0.6) is 0 Å². The molecule has 2 aliphatic heterocycles. The Kier molecular flexibility index (Phi) is 2.36. The van der Waals surface area contributed by atoms with Gasteiger partial charge in [0.15, 0.2) is 0 Å². The summed E-state index contributed by atoms with van der Waals surface area (Å²) in [5, 5.41) is 15.4. The van der Waals surface area contributed by atoms with Gasteiger partial charge in [-0.3, -0.25) is 10.3 Å². The first-order chi connectivity index (χ1) is 8.90. The average molecular weight is 249 g/mol. The van der Waals surface area contributed by atoms with Gasteiger partial charge in [0.2, 0.25) is 0 Å². The summed E-state index contributed by atoms with van der Waals surface area (Å²) >= 11 is 0. The standard InChI is InChI=1S/C12H19N5O/c18-5-8-2-1-3-9-11(8)12-14-6-15-17(12)10-4-13-7-16(9)10/h4,7-9,11-12,14-15,18H,1-3,5-6H2. The van der Waals surface area contributed by atoms with E-state index in [-0.39, 0.29) is 12.8 Å². The highest BCUT2D eigenvalue weighted by Crippen LogP contribution is 2.46. The topological polar surface area (TPSA) is 65.3 Å². The summed E-state index contributed by atoms with van der Waals surface area (Å²) in [6.07, 6.45) is 7.67. The van der Waals surface area contributed by atoms with E-state index in [2.05, 4.69) is 25.3 Å². The molecule has 1 saturated heterocycles. The van der Waals surface area contributed by atoms with Crippen molar-refractivity contribution < 1.29 is 5.11 Å². The number of rotatable bonds is 1. The van der Waals surface area contributed by atoms with Gasteiger partial charge < -0.3 is 9.67 Å². The predicted octanol–water partition coefficient (Wildman–Crippen LogP) is 0.0442. The number of anilines is 1. The molecule has 4 atom stereocenters. The molecule has 3 heterocycles. The molecule has 98 valence electrons. The first-order valence-corrected chi connectivity index (χ1v) is 6.79. The maximum absolute atomic E-state index is 9.66. The Hall–Kier alpha value is -1.11. The van der Waals surface area contributed by atoms with Crippen LogP contribution in [0.25, 0.3) is 0 Å². The smallest absolute Gasteiger partial charge is 0.144 e. The van der Waals surface area contributed by atoms with Crippen molar-refractivity contribution in [3.63, 3.8) is 0 Å². The summed E-state index contributed by atoms with van der Waals surface area (Å²) in [7, 11) is 0. The Morgan fingerprint density at radius 3 is 3.28 bits per heavy atom. The van der Waals surface area contributed by atoms with Crippen LogP contribution >= 0.6 is 0 Å². The molecule has 3 N–H and O–H groups in total. The molecular weight excluding hydrogens is 230 g/mol. The van der Waals surface area contributed by atoms with Crippen LogP contribution < -0.4 is 15.8 Å². The SMILES string of the molecule is OCC1CCCC2C1C1NCNN1c1cncn12. The fourth-order valence-electron chi connectivity index (χ4n) is 3.99. The zero-order valence-electron chi connectivity index (χ0n) is 10.3. The van der Waals surface area contributed by atoms with E-state index in [0.29, 0.717) is 17.9 Å². The highest BCUT2D eigenvalue weighted by molar-refractivity contribution is 5.42. The Labute approximate surface area is 106 Å². The minimum atomic E-state index is 0.289. The summed E-state index contributed by atoms with van der Waals surface area (Å²) in [6, 6.07) is 0.474. The van der Waals surface area contributed by atoms with Crippen LogP contribution in [0.15, 0.2) is 12.5 Å². The summed E-state index contributed by atoms with van der Waals surface area (Å²) in [5.74, 6) is 1.99. The molecule has 0 radical (unpaired) electrons. The Balaban J connectivity index is 1.80. The van der Waals surface area contributed by atoms with Crippen molar-refractivity contribution in [3.8, 4) is 0 Å². The van der Waals surface area contributed by atoms with Gasteiger partial charge in [-0.25, -0.2) is 10.4 Å². The molecule has 3 aliphatic rings. The first-order valence-electron chi connectivity index (χ1n) is 6.79. The third-order valence-electron chi connectivity index (χ3n) is 4.75. The number of aliphatic hydroxyl groups excluding tert-OH is 1. The molecule has 0 spiro atoms. The third kappa shape index (κ3) is 1.31. The first kappa shape index (κ1) is 10.8. The predicted molar refractivity (Wildman–Crippen MR) is 66.6 cm³/mol. The fraction of sp³-hybridized carbons (Fsp3) is 0.750. The fourth-order valence-corrected chi connectivity index (χ4v) is 3.99. The largest absolute Gasteiger partial charge is 0.396 e. The molecule has 1 saturated carbocycles. The number of aliphatic hydroxyl groups is 1. The van der Waals surface area contributed by atoms with Gasteiger partial charge >= 0.3 is 0 Å². The maximum atomic E-state index is 9.66. The number of hydrogen-bond acceptors (Lipinski definition) is 5. The van der Waals surface area contributed by atoms with Crippen LogP contribution in [0.4, 0.5) is 5.82 Å². The van der Waals surface area contributed by atoms with Gasteiger partial charge in [0, 0.05) is 18.6 Å². The van der Waals surface area contributed by atoms with Gasteiger partial charge in [0.05, 0.1) is 19.2 Å². The number of fused-ring (bicyclic) bond motifs is 6. The molecule has 1 aliphatic carbocycles. The Morgan fingerprint density at radius 2 is 2.39 bits per heavy atom. The minimum absolute atomic E-state index is 0.289. The summed E-state index contributed by atoms with van der Waals surface area (Å²) in [6.45, 7) is 1.08. The molecule has 0 bridgehead atoms. The van der Waals surface area contributed by atoms with E-state index >= 15 is 0 Å². The summed E-state index contributed by atoms with van der Waals surface area (Å²) < 4.78 is 2.28. The Morgan fingerprint density at radius 1 is 1.44 bits per heavy atom. The lowest BCUT2D eigenvalue weighted by atomic mass is 9.73. The van der Waals surface area contributed by atoms with E-state index in [0.717, 1.165) is 18.9 Å². The second-order valence-electron chi connectivity index (χ2n) is 5.53. The lowest BCUT2D eigenvalue weighted by molar-refractivity contribution is 0.0616. The van der Waals surface area contributed by atoms with Crippen molar-refractivity contribution in [2.45, 2.75) is 31.5 Å². The van der Waals surface area contributed by atoms with Gasteiger partial charge in [-0.05, 0) is 18.8 Å². The van der Waals surface area contributed by atoms with E-state index in [9.17, 15) is 5.11 Å². The zero-order chi connectivity index (χ0) is 12.1. The van der Waals surface area contributed by atoms with Crippen LogP contribution in [0, 0.1) is 11.8 Å². The molecule has 0 amide bonds. The molecular formula is C12H19N5O. The van der Waals surface area contributed by atoms with Gasteiger partial charge in [0.25, 0.3) is 0 Å². The maximum Gasteiger partial charge on any atom is 0.144 e. The van der Waals surface area contributed by atoms with Crippen LogP contribution in [-0.2, 0) is 0 Å². The van der Waals surface area contributed by atoms with Crippen LogP contribution in [0.1, 0.15) is 25.3 Å². The van der Waals surface area contributed by atoms with Gasteiger partial charge in [-0.15, -0.1) is 0 Å². The molecule has 6 nitrogen and oxygen atoms in total. The van der Waals surface area contributed by atoms with Crippen LogP contribution in [-0.4, -0.2) is 34.1 Å². The molecule has 1 aromatic rings. The van der Waals surface area contributed by atoms with Crippen molar-refractivity contribution in [2.24, 2.45) is 11.8 Å². The monoisotopic (exact) mass is 249 g/mol. The Bertz CT molecular complexity index is 447. The van der Waals surface area contributed by atoms with Crippen molar-refractivity contribution in [1.82, 2.24) is 20.3 Å². The van der Waals surface area contributed by atoms with Crippen LogP contribution in [0.2, 0.25) is 0 Å². The molecule has 6 heteroatoms. The summed E-state index contributed by atoms with van der Waals surface area (Å²) in [4.78, 5) is 4.30. The molecule has 1 aromatic heterocycles. The van der Waals surface area contributed by atoms with Crippen molar-refractivity contribution >= 4 is 5.82 Å². The molecule has 2 fully saturated rings. The van der Waals surface area contributed by atoms with E-state index in [1.807, 2.05) is 12.5 Å². The molecule has 0 aromatic carbocycles. The lowest BCUT2D eigenvalue weighted by Crippen LogP contribution is -2.56. The minimum Gasteiger partial charge on any atom is -0.396 e. The normalized spacial score (nSPS) is 38.2. The van der Waals surface area contributed by atoms with Crippen LogP contribution in [0.3, 0.4) is 0 Å². The van der Waals surface area contributed by atoms with Crippen molar-refractivity contribution in [2.75, 3.05) is 18.3 Å². The van der Waals surface area contributed by atoms with Crippen molar-refractivity contribution in [3.05, 3.63) is 12.5 Å². The zero-order valence-corrected chi connectivity index (χ0v) is 10.3. The molecule has 4 unspecified atom stereocenters. The highest BCUT2D eigenvalue weighted by atomic mass is 16.3. The molecule has 4 rings (SSSR count). The number of imidazole rings is 1. The molecule has 18 heavy (non-hydrogen) atoms. The van der Waals surface area contributed by atoms with E-state index in [4.69, 9.17) is 0 Å². The van der Waals surface area contributed by atoms with E-state index in [1.54, 1.807) is 0 Å². The van der Waals surface area contributed by atoms with E-state index < -0.39 is 0 Å². The number of hydrogen-bond donors (Lipinski definition) is 3. The third-order valence-corrected chi connectivity index (χ3v) is 4.75. The number of aromatic nitrogens is 2. The number of nitrogens with one attached hydrogen (secondary N) is 2. The average Bonchev–Trinajstić information content (AvgIpc) is 3.06. The summed E-state index contributed by atoms with van der Waals surface area (Å²) in [5.41, 5.74) is 3.36. The van der Waals surface area contributed by atoms with Gasteiger partial charge in [-0.1, -0.05) is 6.42 Å². The second-order valence-corrected chi connectivity index (χ2v) is 5.53. The van der Waals surface area contributed by atoms with E-state index in [1.165, 1.54) is 12.8 Å². The number of nitrogens with zero attached hydrogens (tertiary/aromatic N) is 3. The van der Waals surface area contributed by atoms with Gasteiger partial charge in [-0.2, -0.15) is 0 Å². The number of hydrazine groups is 1. The quantitative estimate of drug-likeness (QED) is 0.656.